The lowest BCUT2D eigenvalue weighted by Crippen LogP contribution is -2.14. The molecule has 0 spiro atoms. The van der Waals surface area contributed by atoms with Crippen LogP contribution in [0.4, 0.5) is 4.39 Å². The van der Waals surface area contributed by atoms with Gasteiger partial charge in [0.2, 0.25) is 0 Å². The molecule has 0 heterocycles. The molecule has 0 aliphatic carbocycles. The summed E-state index contributed by atoms with van der Waals surface area (Å²) in [5, 5.41) is 0. The van der Waals surface area contributed by atoms with Crippen LogP contribution in [0.15, 0.2) is 48.5 Å². The molecule has 0 bridgehead atoms. The van der Waals surface area contributed by atoms with E-state index in [1.165, 1.54) is 11.6 Å². The fraction of sp³-hybridized carbons (Fsp3) is 0.235. The van der Waals surface area contributed by atoms with Crippen molar-refractivity contribution in [2.75, 3.05) is 6.61 Å². The Bertz CT molecular complexity index is 576. The number of ketones is 1. The lowest BCUT2D eigenvalue weighted by atomic mass is 10.1. The van der Waals surface area contributed by atoms with Crippen LogP contribution in [0.2, 0.25) is 0 Å². The quantitative estimate of drug-likeness (QED) is 0.803. The van der Waals surface area contributed by atoms with Gasteiger partial charge in [-0.2, -0.15) is 0 Å². The third-order valence-corrected chi connectivity index (χ3v) is 3.08. The monoisotopic (exact) mass is 272 g/mol. The summed E-state index contributed by atoms with van der Waals surface area (Å²) in [5.74, 6) is 0.159. The number of benzene rings is 2. The Morgan fingerprint density at radius 2 is 1.80 bits per heavy atom. The Kier molecular flexibility index (Phi) is 4.88. The number of ether oxygens (including phenoxy) is 1. The Morgan fingerprint density at radius 1 is 1.10 bits per heavy atom. The summed E-state index contributed by atoms with van der Waals surface area (Å²) in [6, 6.07) is 13.9. The van der Waals surface area contributed by atoms with E-state index in [9.17, 15) is 9.18 Å². The van der Waals surface area contributed by atoms with Crippen molar-refractivity contribution in [1.29, 1.82) is 0 Å². The van der Waals surface area contributed by atoms with Crippen molar-refractivity contribution in [1.82, 2.24) is 0 Å². The molecule has 2 nitrogen and oxygen atoms in total. The van der Waals surface area contributed by atoms with E-state index in [2.05, 4.69) is 6.92 Å². The van der Waals surface area contributed by atoms with E-state index >= 15 is 0 Å². The van der Waals surface area contributed by atoms with Gasteiger partial charge in [0, 0.05) is 6.42 Å². The van der Waals surface area contributed by atoms with Crippen molar-refractivity contribution in [3.05, 3.63) is 65.5 Å². The van der Waals surface area contributed by atoms with E-state index in [1.54, 1.807) is 18.2 Å². The molecular formula is C17H17FO2. The predicted molar refractivity (Wildman–Crippen MR) is 76.4 cm³/mol. The molecule has 2 rings (SSSR count). The first-order chi connectivity index (χ1) is 9.69. The average molecular weight is 272 g/mol. The minimum atomic E-state index is -0.354. The summed E-state index contributed by atoms with van der Waals surface area (Å²) in [5.41, 5.74) is 1.62. The lowest BCUT2D eigenvalue weighted by Gasteiger charge is -2.07. The summed E-state index contributed by atoms with van der Waals surface area (Å²) in [6.07, 6.45) is 1.02. The third-order valence-electron chi connectivity index (χ3n) is 3.08. The van der Waals surface area contributed by atoms with Gasteiger partial charge in [0.25, 0.3) is 0 Å². The second-order valence-corrected chi connectivity index (χ2v) is 4.59. The molecule has 0 amide bonds. The van der Waals surface area contributed by atoms with Gasteiger partial charge < -0.3 is 4.74 Å². The van der Waals surface area contributed by atoms with Gasteiger partial charge in [-0.3, -0.25) is 4.79 Å². The molecule has 0 aliphatic heterocycles. The number of carbonyl (C=O) groups is 1. The highest BCUT2D eigenvalue weighted by molar-refractivity contribution is 5.82. The predicted octanol–water partition coefficient (Wildman–Crippen LogP) is 3.58. The summed E-state index contributed by atoms with van der Waals surface area (Å²) in [4.78, 5) is 11.8. The van der Waals surface area contributed by atoms with E-state index < -0.39 is 0 Å². The SMILES string of the molecule is CCc1ccc(OCC(=O)Cc2ccccc2F)cc1. The molecule has 0 aromatic heterocycles. The van der Waals surface area contributed by atoms with Gasteiger partial charge in [-0.1, -0.05) is 37.3 Å². The molecule has 20 heavy (non-hydrogen) atoms. The summed E-state index contributed by atoms with van der Waals surface area (Å²) < 4.78 is 18.8. The molecule has 0 atom stereocenters. The van der Waals surface area contributed by atoms with Crippen molar-refractivity contribution in [2.45, 2.75) is 19.8 Å². The number of carbonyl (C=O) groups excluding carboxylic acids is 1. The molecule has 0 N–H and O–H groups in total. The van der Waals surface area contributed by atoms with Gasteiger partial charge in [0.1, 0.15) is 18.2 Å². The van der Waals surface area contributed by atoms with E-state index in [4.69, 9.17) is 4.74 Å². The number of halogens is 1. The van der Waals surface area contributed by atoms with Crippen LogP contribution < -0.4 is 4.74 Å². The molecule has 104 valence electrons. The number of rotatable bonds is 6. The van der Waals surface area contributed by atoms with Gasteiger partial charge in [-0.05, 0) is 35.7 Å². The third kappa shape index (κ3) is 3.92. The number of aryl methyl sites for hydroxylation is 1. The lowest BCUT2D eigenvalue weighted by molar-refractivity contribution is -0.120. The van der Waals surface area contributed by atoms with E-state index in [-0.39, 0.29) is 24.6 Å². The standard InChI is InChI=1S/C17H17FO2/c1-2-13-7-9-16(10-8-13)20-12-15(19)11-14-5-3-4-6-17(14)18/h3-10H,2,11-12H2,1H3. The molecule has 0 saturated heterocycles. The Morgan fingerprint density at radius 3 is 2.45 bits per heavy atom. The van der Waals surface area contributed by atoms with Crippen LogP contribution in [0.5, 0.6) is 5.75 Å². The molecule has 3 heteroatoms. The fourth-order valence-corrected chi connectivity index (χ4v) is 1.89. The van der Waals surface area contributed by atoms with Crippen LogP contribution >= 0.6 is 0 Å². The molecule has 0 unspecified atom stereocenters. The van der Waals surface area contributed by atoms with E-state index in [1.807, 2.05) is 24.3 Å². The zero-order valence-corrected chi connectivity index (χ0v) is 11.4. The molecule has 0 radical (unpaired) electrons. The van der Waals surface area contributed by atoms with Crippen LogP contribution in [0.1, 0.15) is 18.1 Å². The minimum Gasteiger partial charge on any atom is -0.486 e. The molecule has 0 saturated carbocycles. The molecule has 2 aromatic rings. The highest BCUT2D eigenvalue weighted by Crippen LogP contribution is 2.13. The number of Topliss-reactive ketones (excluding diaryl/α,β-unsaturated/α-hetero) is 1. The smallest absolute Gasteiger partial charge is 0.174 e. The highest BCUT2D eigenvalue weighted by atomic mass is 19.1. The summed E-state index contributed by atoms with van der Waals surface area (Å²) >= 11 is 0. The minimum absolute atomic E-state index is 0.0419. The van der Waals surface area contributed by atoms with Crippen LogP contribution in [0.25, 0.3) is 0 Å². The van der Waals surface area contributed by atoms with Crippen LogP contribution in [0, 0.1) is 5.82 Å². The maximum absolute atomic E-state index is 13.4. The zero-order chi connectivity index (χ0) is 14.4. The average Bonchev–Trinajstić information content (AvgIpc) is 2.48. The first kappa shape index (κ1) is 14.3. The van der Waals surface area contributed by atoms with Crippen molar-refractivity contribution in [3.8, 4) is 5.75 Å². The zero-order valence-electron chi connectivity index (χ0n) is 11.4. The van der Waals surface area contributed by atoms with Gasteiger partial charge in [-0.15, -0.1) is 0 Å². The first-order valence-electron chi connectivity index (χ1n) is 6.66. The van der Waals surface area contributed by atoms with E-state index in [0.717, 1.165) is 6.42 Å². The van der Waals surface area contributed by atoms with Crippen molar-refractivity contribution < 1.29 is 13.9 Å². The number of hydrogen-bond donors (Lipinski definition) is 0. The van der Waals surface area contributed by atoms with Crippen LogP contribution in [-0.4, -0.2) is 12.4 Å². The maximum atomic E-state index is 13.4. The van der Waals surface area contributed by atoms with Crippen LogP contribution in [-0.2, 0) is 17.6 Å². The van der Waals surface area contributed by atoms with Gasteiger partial charge in [0.15, 0.2) is 5.78 Å². The normalized spacial score (nSPS) is 10.3. The largest absolute Gasteiger partial charge is 0.486 e. The second-order valence-electron chi connectivity index (χ2n) is 4.59. The summed E-state index contributed by atoms with van der Waals surface area (Å²) in [6.45, 7) is 2.04. The van der Waals surface area contributed by atoms with Gasteiger partial charge in [-0.25, -0.2) is 4.39 Å². The van der Waals surface area contributed by atoms with Gasteiger partial charge in [0.05, 0.1) is 0 Å². The first-order valence-corrected chi connectivity index (χ1v) is 6.66. The Hall–Kier alpha value is -2.16. The molecular weight excluding hydrogens is 255 g/mol. The summed E-state index contributed by atoms with van der Waals surface area (Å²) in [7, 11) is 0. The van der Waals surface area contributed by atoms with Crippen molar-refractivity contribution in [3.63, 3.8) is 0 Å². The van der Waals surface area contributed by atoms with Crippen molar-refractivity contribution in [2.24, 2.45) is 0 Å². The Balaban J connectivity index is 1.87. The highest BCUT2D eigenvalue weighted by Gasteiger charge is 2.08. The number of hydrogen-bond acceptors (Lipinski definition) is 2. The van der Waals surface area contributed by atoms with Crippen LogP contribution in [0.3, 0.4) is 0 Å². The van der Waals surface area contributed by atoms with Gasteiger partial charge >= 0.3 is 0 Å². The molecule has 2 aromatic carbocycles. The fourth-order valence-electron chi connectivity index (χ4n) is 1.89. The molecule has 0 fully saturated rings. The van der Waals surface area contributed by atoms with Crippen molar-refractivity contribution >= 4 is 5.78 Å². The van der Waals surface area contributed by atoms with E-state index in [0.29, 0.717) is 11.3 Å². The maximum Gasteiger partial charge on any atom is 0.174 e. The Labute approximate surface area is 118 Å². The second kappa shape index (κ2) is 6.85. The molecule has 0 aliphatic rings. The topological polar surface area (TPSA) is 26.3 Å².